The van der Waals surface area contributed by atoms with Gasteiger partial charge in [0.25, 0.3) is 0 Å². The lowest BCUT2D eigenvalue weighted by Crippen LogP contribution is -2.28. The van der Waals surface area contributed by atoms with Crippen molar-refractivity contribution in [2.45, 2.75) is 30.8 Å². The fourth-order valence-corrected chi connectivity index (χ4v) is 5.49. The van der Waals surface area contributed by atoms with Crippen LogP contribution in [0.3, 0.4) is 0 Å². The van der Waals surface area contributed by atoms with E-state index < -0.39 is 16.1 Å². The number of sulfonamides is 1. The molecule has 0 radical (unpaired) electrons. The van der Waals surface area contributed by atoms with Gasteiger partial charge in [0.1, 0.15) is 0 Å². The standard InChI is InChI=1S/C18H21NO3S/c1-12-2-7-15(8-3-12)23(21,22)19-10-14-5-4-13-6-9-17(20)18(13)16(14)11-19/h2-5,7-8,13-14,17,20H,6,9-11H2,1H3/t13-,14+,17?/m1/s1. The molecule has 0 aromatic heterocycles. The number of hydrogen-bond donors (Lipinski definition) is 1. The molecule has 1 N–H and O–H groups in total. The predicted molar refractivity (Wildman–Crippen MR) is 88.3 cm³/mol. The van der Waals surface area contributed by atoms with Gasteiger partial charge in [-0.15, -0.1) is 0 Å². The summed E-state index contributed by atoms with van der Waals surface area (Å²) < 4.78 is 27.3. The molecular formula is C18H21NO3S. The number of allylic oxidation sites excluding steroid dienone is 1. The molecular weight excluding hydrogens is 310 g/mol. The summed E-state index contributed by atoms with van der Waals surface area (Å²) in [6, 6.07) is 7.00. The van der Waals surface area contributed by atoms with Gasteiger partial charge in [0.15, 0.2) is 0 Å². The lowest BCUT2D eigenvalue weighted by molar-refractivity contribution is 0.215. The summed E-state index contributed by atoms with van der Waals surface area (Å²) in [7, 11) is -3.48. The van der Waals surface area contributed by atoms with E-state index in [4.69, 9.17) is 0 Å². The Morgan fingerprint density at radius 3 is 2.52 bits per heavy atom. The first kappa shape index (κ1) is 15.1. The molecule has 4 nitrogen and oxygen atoms in total. The summed E-state index contributed by atoms with van der Waals surface area (Å²) >= 11 is 0. The van der Waals surface area contributed by atoms with Crippen LogP contribution >= 0.6 is 0 Å². The van der Waals surface area contributed by atoms with Gasteiger partial charge in [0, 0.05) is 24.9 Å². The van der Waals surface area contributed by atoms with Gasteiger partial charge < -0.3 is 5.11 Å². The second-order valence-electron chi connectivity index (χ2n) is 6.78. The van der Waals surface area contributed by atoms with Crippen LogP contribution in [0.4, 0.5) is 0 Å². The number of benzene rings is 1. The maximum atomic E-state index is 12.9. The van der Waals surface area contributed by atoms with Crippen LogP contribution in [0, 0.1) is 18.8 Å². The summed E-state index contributed by atoms with van der Waals surface area (Å²) in [4.78, 5) is 0.347. The van der Waals surface area contributed by atoms with Crippen LogP contribution < -0.4 is 0 Å². The molecule has 23 heavy (non-hydrogen) atoms. The Kier molecular flexibility index (Phi) is 3.48. The average Bonchev–Trinajstić information content (AvgIpc) is 3.11. The molecule has 0 amide bonds. The number of aliphatic hydroxyl groups excluding tert-OH is 1. The zero-order chi connectivity index (χ0) is 16.2. The van der Waals surface area contributed by atoms with Crippen molar-refractivity contribution >= 4 is 10.0 Å². The summed E-state index contributed by atoms with van der Waals surface area (Å²) in [6.45, 7) is 2.83. The van der Waals surface area contributed by atoms with Gasteiger partial charge in [-0.2, -0.15) is 4.31 Å². The molecule has 1 aromatic rings. The molecule has 1 heterocycles. The van der Waals surface area contributed by atoms with Crippen LogP contribution in [-0.2, 0) is 10.0 Å². The molecule has 5 heteroatoms. The Hall–Kier alpha value is -1.43. The van der Waals surface area contributed by atoms with E-state index in [0.29, 0.717) is 23.9 Å². The topological polar surface area (TPSA) is 57.6 Å². The Morgan fingerprint density at radius 1 is 1.09 bits per heavy atom. The molecule has 0 spiro atoms. The molecule has 2 fully saturated rings. The molecule has 0 bridgehead atoms. The molecule has 4 rings (SSSR count). The van der Waals surface area contributed by atoms with E-state index in [1.165, 1.54) is 0 Å². The molecule has 1 unspecified atom stereocenters. The van der Waals surface area contributed by atoms with Crippen molar-refractivity contribution in [2.24, 2.45) is 11.8 Å². The Balaban J connectivity index is 1.68. The summed E-state index contributed by atoms with van der Waals surface area (Å²) in [5.41, 5.74) is 3.25. The second-order valence-corrected chi connectivity index (χ2v) is 8.72. The fourth-order valence-electron chi connectivity index (χ4n) is 4.04. The minimum absolute atomic E-state index is 0.120. The van der Waals surface area contributed by atoms with E-state index in [1.54, 1.807) is 16.4 Å². The van der Waals surface area contributed by atoms with Crippen LogP contribution in [-0.4, -0.2) is 37.0 Å². The van der Waals surface area contributed by atoms with E-state index in [9.17, 15) is 13.5 Å². The quantitative estimate of drug-likeness (QED) is 0.846. The largest absolute Gasteiger partial charge is 0.389 e. The summed E-state index contributed by atoms with van der Waals surface area (Å²) in [5.74, 6) is 0.424. The minimum atomic E-state index is -3.48. The van der Waals surface area contributed by atoms with Gasteiger partial charge in [-0.3, -0.25) is 0 Å². The van der Waals surface area contributed by atoms with Crippen molar-refractivity contribution in [3.8, 4) is 0 Å². The van der Waals surface area contributed by atoms with Gasteiger partial charge in [0.2, 0.25) is 10.0 Å². The minimum Gasteiger partial charge on any atom is -0.389 e. The number of fused-ring (bicyclic) bond motifs is 2. The Labute approximate surface area is 137 Å². The van der Waals surface area contributed by atoms with Crippen LogP contribution in [0.5, 0.6) is 0 Å². The van der Waals surface area contributed by atoms with Crippen molar-refractivity contribution < 1.29 is 13.5 Å². The van der Waals surface area contributed by atoms with Crippen molar-refractivity contribution in [1.82, 2.24) is 4.31 Å². The third-order valence-corrected chi connectivity index (χ3v) is 7.14. The highest BCUT2D eigenvalue weighted by Gasteiger charge is 2.42. The van der Waals surface area contributed by atoms with E-state index in [2.05, 4.69) is 12.2 Å². The van der Waals surface area contributed by atoms with E-state index in [0.717, 1.165) is 29.6 Å². The number of aliphatic hydroxyl groups is 1. The van der Waals surface area contributed by atoms with E-state index >= 15 is 0 Å². The van der Waals surface area contributed by atoms with Gasteiger partial charge in [-0.1, -0.05) is 29.8 Å². The smallest absolute Gasteiger partial charge is 0.243 e. The van der Waals surface area contributed by atoms with Crippen LogP contribution in [0.15, 0.2) is 52.5 Å². The SMILES string of the molecule is Cc1ccc(S(=O)(=O)N2CC3=C4C(O)CC[C@H]4C=C[C@H]3C2)cc1. The monoisotopic (exact) mass is 331 g/mol. The Bertz CT molecular complexity index is 792. The number of hydrogen-bond acceptors (Lipinski definition) is 3. The van der Waals surface area contributed by atoms with Gasteiger partial charge in [-0.25, -0.2) is 8.42 Å². The van der Waals surface area contributed by atoms with Gasteiger partial charge >= 0.3 is 0 Å². The molecule has 1 aromatic carbocycles. The summed E-state index contributed by atoms with van der Waals surface area (Å²) in [5, 5.41) is 10.2. The fraction of sp³-hybridized carbons (Fsp3) is 0.444. The molecule has 1 saturated heterocycles. The van der Waals surface area contributed by atoms with Gasteiger partial charge in [0.05, 0.1) is 11.0 Å². The maximum Gasteiger partial charge on any atom is 0.243 e. The first-order valence-corrected chi connectivity index (χ1v) is 9.57. The highest BCUT2D eigenvalue weighted by atomic mass is 32.2. The molecule has 1 saturated carbocycles. The molecule has 3 aliphatic rings. The third kappa shape index (κ3) is 2.38. The second kappa shape index (κ2) is 5.30. The van der Waals surface area contributed by atoms with Crippen molar-refractivity contribution in [3.63, 3.8) is 0 Å². The molecule has 3 atom stereocenters. The lowest BCUT2D eigenvalue weighted by atomic mass is 9.84. The summed E-state index contributed by atoms with van der Waals surface area (Å²) in [6.07, 6.45) is 5.64. The lowest BCUT2D eigenvalue weighted by Gasteiger charge is -2.21. The normalized spacial score (nSPS) is 30.6. The number of aryl methyl sites for hydroxylation is 1. The van der Waals surface area contributed by atoms with Crippen LogP contribution in [0.25, 0.3) is 0 Å². The molecule has 122 valence electrons. The molecule has 1 aliphatic heterocycles. The van der Waals surface area contributed by atoms with E-state index in [-0.39, 0.29) is 5.92 Å². The van der Waals surface area contributed by atoms with Crippen LogP contribution in [0.1, 0.15) is 18.4 Å². The van der Waals surface area contributed by atoms with Crippen LogP contribution in [0.2, 0.25) is 0 Å². The van der Waals surface area contributed by atoms with E-state index in [1.807, 2.05) is 19.1 Å². The Morgan fingerprint density at radius 2 is 1.78 bits per heavy atom. The highest BCUT2D eigenvalue weighted by Crippen LogP contribution is 2.44. The van der Waals surface area contributed by atoms with Gasteiger partial charge in [-0.05, 0) is 43.0 Å². The average molecular weight is 331 g/mol. The van der Waals surface area contributed by atoms with Crippen molar-refractivity contribution in [1.29, 1.82) is 0 Å². The highest BCUT2D eigenvalue weighted by molar-refractivity contribution is 7.89. The number of rotatable bonds is 2. The first-order chi connectivity index (χ1) is 11.0. The zero-order valence-electron chi connectivity index (χ0n) is 13.1. The predicted octanol–water partition coefficient (Wildman–Crippen LogP) is 2.25. The third-order valence-electron chi connectivity index (χ3n) is 5.31. The number of nitrogens with zero attached hydrogens (tertiary/aromatic N) is 1. The first-order valence-electron chi connectivity index (χ1n) is 8.13. The molecule has 2 aliphatic carbocycles. The zero-order valence-corrected chi connectivity index (χ0v) is 14.0. The van der Waals surface area contributed by atoms with Crippen molar-refractivity contribution in [2.75, 3.05) is 13.1 Å². The maximum absolute atomic E-state index is 12.9. The van der Waals surface area contributed by atoms with Crippen molar-refractivity contribution in [3.05, 3.63) is 53.1 Å².